The first kappa shape index (κ1) is 13.7. The van der Waals surface area contributed by atoms with Crippen LogP contribution in [0.5, 0.6) is 0 Å². The van der Waals surface area contributed by atoms with Gasteiger partial charge in [-0.15, -0.1) is 0 Å². The van der Waals surface area contributed by atoms with Gasteiger partial charge in [0.15, 0.2) is 0 Å². The molecular formula is C10H20NO4P. The fraction of sp³-hybridized carbons (Fsp3) is 0.900. The van der Waals surface area contributed by atoms with Crippen LogP contribution in [0.1, 0.15) is 40.0 Å². The predicted molar refractivity (Wildman–Crippen MR) is 62.7 cm³/mol. The molecular weight excluding hydrogens is 229 g/mol. The zero-order valence-corrected chi connectivity index (χ0v) is 11.0. The minimum absolute atomic E-state index is 0.347. The highest BCUT2D eigenvalue weighted by atomic mass is 31.2. The lowest BCUT2D eigenvalue weighted by Crippen LogP contribution is -2.13. The summed E-state index contributed by atoms with van der Waals surface area (Å²) in [6.45, 7) is 6.34. The minimum atomic E-state index is -3.16. The van der Waals surface area contributed by atoms with Gasteiger partial charge in [0.1, 0.15) is 0 Å². The second-order valence-corrected chi connectivity index (χ2v) is 5.72. The number of oxime groups is 1. The fourth-order valence-corrected chi connectivity index (χ4v) is 3.30. The Labute approximate surface area is 96.7 Å². The van der Waals surface area contributed by atoms with E-state index in [2.05, 4.69) is 12.1 Å². The van der Waals surface area contributed by atoms with Crippen molar-refractivity contribution in [3.63, 3.8) is 0 Å². The van der Waals surface area contributed by atoms with Crippen molar-refractivity contribution in [2.75, 3.05) is 13.2 Å². The Balaban J connectivity index is 2.59. The number of hydrogen-bond donors (Lipinski definition) is 0. The quantitative estimate of drug-likeness (QED) is 0.650. The third-order valence-electron chi connectivity index (χ3n) is 2.22. The van der Waals surface area contributed by atoms with Gasteiger partial charge < -0.3 is 13.9 Å². The summed E-state index contributed by atoms with van der Waals surface area (Å²) < 4.78 is 22.8. The van der Waals surface area contributed by atoms with E-state index in [1.807, 2.05) is 0 Å². The Morgan fingerprint density at radius 3 is 2.50 bits per heavy atom. The van der Waals surface area contributed by atoms with E-state index in [1.165, 1.54) is 0 Å². The molecule has 0 aromatic heterocycles. The highest BCUT2D eigenvalue weighted by Crippen LogP contribution is 2.56. The van der Waals surface area contributed by atoms with Gasteiger partial charge >= 0.3 is 7.60 Å². The van der Waals surface area contributed by atoms with Gasteiger partial charge in [-0.05, 0) is 20.3 Å². The van der Waals surface area contributed by atoms with Crippen molar-refractivity contribution < 1.29 is 18.5 Å². The standard InChI is InChI=1S/C10H20NO4P/c1-4-7-9-8-10(15-11-9)16(12,13-5-2)14-6-3/h10H,4-8H2,1-3H3. The zero-order valence-electron chi connectivity index (χ0n) is 10.1. The summed E-state index contributed by atoms with van der Waals surface area (Å²) >= 11 is 0. The maximum Gasteiger partial charge on any atom is 0.374 e. The molecule has 0 spiro atoms. The molecule has 1 atom stereocenters. The van der Waals surface area contributed by atoms with Crippen molar-refractivity contribution >= 4 is 13.3 Å². The molecule has 16 heavy (non-hydrogen) atoms. The molecule has 0 radical (unpaired) electrons. The average Bonchev–Trinajstić information content (AvgIpc) is 2.68. The minimum Gasteiger partial charge on any atom is -0.379 e. The van der Waals surface area contributed by atoms with Gasteiger partial charge in [-0.1, -0.05) is 18.5 Å². The van der Waals surface area contributed by atoms with E-state index in [4.69, 9.17) is 13.9 Å². The molecule has 0 saturated heterocycles. The summed E-state index contributed by atoms with van der Waals surface area (Å²) in [7, 11) is -3.16. The molecule has 1 unspecified atom stereocenters. The molecule has 0 bridgehead atoms. The molecule has 1 heterocycles. The molecule has 1 aliphatic heterocycles. The molecule has 5 nitrogen and oxygen atoms in total. The van der Waals surface area contributed by atoms with Gasteiger partial charge in [-0.3, -0.25) is 4.57 Å². The molecule has 6 heteroatoms. The second kappa shape index (κ2) is 6.38. The highest BCUT2D eigenvalue weighted by Gasteiger charge is 2.41. The van der Waals surface area contributed by atoms with Gasteiger partial charge in [0.05, 0.1) is 18.9 Å². The van der Waals surface area contributed by atoms with Crippen molar-refractivity contribution in [3.8, 4) is 0 Å². The summed E-state index contributed by atoms with van der Waals surface area (Å²) in [4.78, 5) is 5.16. The van der Waals surface area contributed by atoms with Gasteiger partial charge in [0, 0.05) is 6.42 Å². The first-order valence-electron chi connectivity index (χ1n) is 5.76. The Hall–Kier alpha value is -0.380. The summed E-state index contributed by atoms with van der Waals surface area (Å²) in [5, 5.41) is 3.92. The second-order valence-electron chi connectivity index (χ2n) is 3.55. The van der Waals surface area contributed by atoms with Crippen LogP contribution in [0.3, 0.4) is 0 Å². The Morgan fingerprint density at radius 1 is 1.38 bits per heavy atom. The predicted octanol–water partition coefficient (Wildman–Crippen LogP) is 3.16. The number of hydrogen-bond acceptors (Lipinski definition) is 5. The van der Waals surface area contributed by atoms with Crippen LogP contribution in [-0.4, -0.2) is 24.8 Å². The lowest BCUT2D eigenvalue weighted by Gasteiger charge is -2.20. The zero-order chi connectivity index (χ0) is 12.0. The molecule has 1 aliphatic rings. The molecule has 94 valence electrons. The van der Waals surface area contributed by atoms with Crippen molar-refractivity contribution in [2.45, 2.75) is 45.9 Å². The highest BCUT2D eigenvalue weighted by molar-refractivity contribution is 7.54. The lowest BCUT2D eigenvalue weighted by molar-refractivity contribution is 0.0958. The maximum absolute atomic E-state index is 12.3. The van der Waals surface area contributed by atoms with Crippen LogP contribution in [0.4, 0.5) is 0 Å². The number of nitrogens with zero attached hydrogens (tertiary/aromatic N) is 1. The van der Waals surface area contributed by atoms with Crippen molar-refractivity contribution in [1.29, 1.82) is 0 Å². The van der Waals surface area contributed by atoms with Gasteiger partial charge in [-0.2, -0.15) is 0 Å². The van der Waals surface area contributed by atoms with E-state index in [1.54, 1.807) is 13.8 Å². The molecule has 1 rings (SSSR count). The van der Waals surface area contributed by atoms with E-state index in [0.717, 1.165) is 18.6 Å². The summed E-state index contributed by atoms with van der Waals surface area (Å²) in [5.41, 5.74) is 0.937. The van der Waals surface area contributed by atoms with Gasteiger partial charge in [0.25, 0.3) is 0 Å². The van der Waals surface area contributed by atoms with Crippen molar-refractivity contribution in [1.82, 2.24) is 0 Å². The Kier molecular flexibility index (Phi) is 5.46. The summed E-state index contributed by atoms with van der Waals surface area (Å²) in [5.74, 6) is -0.561. The first-order chi connectivity index (χ1) is 7.66. The monoisotopic (exact) mass is 249 g/mol. The largest absolute Gasteiger partial charge is 0.379 e. The van der Waals surface area contributed by atoms with E-state index >= 15 is 0 Å². The smallest absolute Gasteiger partial charge is 0.374 e. The van der Waals surface area contributed by atoms with E-state index in [9.17, 15) is 4.57 Å². The van der Waals surface area contributed by atoms with E-state index in [0.29, 0.717) is 19.6 Å². The fourth-order valence-electron chi connectivity index (χ4n) is 1.58. The molecule has 0 fully saturated rings. The molecule has 0 amide bonds. The van der Waals surface area contributed by atoms with Crippen LogP contribution in [0.15, 0.2) is 5.16 Å². The summed E-state index contributed by atoms with van der Waals surface area (Å²) in [6.07, 6.45) is 2.42. The Morgan fingerprint density at radius 2 is 2.00 bits per heavy atom. The van der Waals surface area contributed by atoms with Crippen LogP contribution in [-0.2, 0) is 18.5 Å². The molecule has 0 aromatic carbocycles. The van der Waals surface area contributed by atoms with Crippen molar-refractivity contribution in [3.05, 3.63) is 0 Å². The molecule has 0 N–H and O–H groups in total. The van der Waals surface area contributed by atoms with Crippen LogP contribution < -0.4 is 0 Å². The molecule has 0 aromatic rings. The average molecular weight is 249 g/mol. The molecule has 0 saturated carbocycles. The van der Waals surface area contributed by atoms with E-state index in [-0.39, 0.29) is 0 Å². The normalized spacial score (nSPS) is 20.7. The number of rotatable bonds is 7. The first-order valence-corrected chi connectivity index (χ1v) is 7.37. The van der Waals surface area contributed by atoms with Gasteiger partial charge in [-0.25, -0.2) is 0 Å². The third kappa shape index (κ3) is 3.30. The summed E-state index contributed by atoms with van der Waals surface area (Å²) in [6, 6.07) is 0. The maximum atomic E-state index is 12.3. The van der Waals surface area contributed by atoms with Crippen LogP contribution in [0.2, 0.25) is 0 Å². The van der Waals surface area contributed by atoms with Gasteiger partial charge in [0.2, 0.25) is 5.85 Å². The lowest BCUT2D eigenvalue weighted by atomic mass is 10.2. The van der Waals surface area contributed by atoms with Crippen molar-refractivity contribution in [2.24, 2.45) is 5.16 Å². The van der Waals surface area contributed by atoms with Crippen LogP contribution in [0.25, 0.3) is 0 Å². The van der Waals surface area contributed by atoms with E-state index < -0.39 is 13.4 Å². The molecule has 0 aliphatic carbocycles. The third-order valence-corrected chi connectivity index (χ3v) is 4.44. The Bertz CT molecular complexity index is 283. The van der Waals surface area contributed by atoms with Crippen LogP contribution >= 0.6 is 7.60 Å². The SMILES string of the molecule is CCCC1=NOC(P(=O)(OCC)OCC)C1. The van der Waals surface area contributed by atoms with Crippen LogP contribution in [0, 0.1) is 0 Å². The topological polar surface area (TPSA) is 57.1 Å².